The SMILES string of the molecule is CN(C(=O)CCc1cncc(F)c1)C1C2CC3CC(C2)CC1C3. The van der Waals surface area contributed by atoms with Crippen molar-refractivity contribution in [2.45, 2.75) is 51.0 Å². The Hall–Kier alpha value is -1.45. The van der Waals surface area contributed by atoms with Gasteiger partial charge in [-0.05, 0) is 73.8 Å². The molecule has 4 heteroatoms. The number of aryl methyl sites for hydroxylation is 1. The van der Waals surface area contributed by atoms with E-state index in [-0.39, 0.29) is 11.7 Å². The number of aromatic nitrogens is 1. The Bertz CT molecular complexity index is 575. The van der Waals surface area contributed by atoms with Crippen molar-refractivity contribution >= 4 is 5.91 Å². The number of amides is 1. The Morgan fingerprint density at radius 1 is 1.17 bits per heavy atom. The maximum absolute atomic E-state index is 13.2. The van der Waals surface area contributed by atoms with Crippen molar-refractivity contribution in [3.63, 3.8) is 0 Å². The molecule has 4 bridgehead atoms. The van der Waals surface area contributed by atoms with E-state index in [9.17, 15) is 9.18 Å². The lowest BCUT2D eigenvalue weighted by Gasteiger charge is -2.56. The average molecular weight is 316 g/mol. The molecule has 0 atom stereocenters. The number of halogens is 1. The van der Waals surface area contributed by atoms with Crippen molar-refractivity contribution in [1.82, 2.24) is 9.88 Å². The van der Waals surface area contributed by atoms with E-state index in [1.807, 2.05) is 11.9 Å². The highest BCUT2D eigenvalue weighted by Crippen LogP contribution is 2.55. The van der Waals surface area contributed by atoms with Crippen LogP contribution < -0.4 is 0 Å². The summed E-state index contributed by atoms with van der Waals surface area (Å²) in [5, 5.41) is 0. The third kappa shape index (κ3) is 2.88. The summed E-state index contributed by atoms with van der Waals surface area (Å²) in [6.45, 7) is 0. The summed E-state index contributed by atoms with van der Waals surface area (Å²) in [4.78, 5) is 18.5. The predicted octanol–water partition coefficient (Wildman–Crippen LogP) is 3.44. The second-order valence-electron chi connectivity index (χ2n) is 7.94. The van der Waals surface area contributed by atoms with Gasteiger partial charge >= 0.3 is 0 Å². The van der Waals surface area contributed by atoms with Gasteiger partial charge in [-0.25, -0.2) is 4.39 Å². The number of hydrogen-bond acceptors (Lipinski definition) is 2. The molecular weight excluding hydrogens is 291 g/mol. The summed E-state index contributed by atoms with van der Waals surface area (Å²) >= 11 is 0. The van der Waals surface area contributed by atoms with Crippen LogP contribution in [-0.2, 0) is 11.2 Å². The molecule has 1 heterocycles. The first-order valence-corrected chi connectivity index (χ1v) is 8.95. The molecule has 1 aromatic rings. The van der Waals surface area contributed by atoms with Gasteiger partial charge in [-0.1, -0.05) is 0 Å². The van der Waals surface area contributed by atoms with E-state index in [1.165, 1.54) is 44.4 Å². The van der Waals surface area contributed by atoms with Crippen LogP contribution in [0.3, 0.4) is 0 Å². The fourth-order valence-corrected chi connectivity index (χ4v) is 5.72. The molecule has 4 saturated carbocycles. The summed E-state index contributed by atoms with van der Waals surface area (Å²) in [6.07, 6.45) is 10.6. The van der Waals surface area contributed by atoms with Gasteiger partial charge in [-0.3, -0.25) is 9.78 Å². The van der Waals surface area contributed by atoms with Crippen LogP contribution >= 0.6 is 0 Å². The van der Waals surface area contributed by atoms with Crippen LogP contribution in [0.4, 0.5) is 4.39 Å². The average Bonchev–Trinajstić information content (AvgIpc) is 2.51. The van der Waals surface area contributed by atoms with Crippen molar-refractivity contribution < 1.29 is 9.18 Å². The summed E-state index contributed by atoms with van der Waals surface area (Å²) in [5.74, 6) is 3.16. The Kier molecular flexibility index (Phi) is 3.86. The minimum absolute atomic E-state index is 0.201. The number of carbonyl (C=O) groups excluding carboxylic acids is 1. The molecule has 4 aliphatic carbocycles. The molecule has 23 heavy (non-hydrogen) atoms. The molecule has 0 radical (unpaired) electrons. The van der Waals surface area contributed by atoms with Crippen molar-refractivity contribution in [1.29, 1.82) is 0 Å². The minimum atomic E-state index is -0.329. The molecule has 0 aliphatic heterocycles. The standard InChI is InChI=1S/C19H25FN2O/c1-22(18(23)3-2-12-9-17(20)11-21-10-12)19-15-5-13-4-14(7-15)8-16(19)6-13/h9-11,13-16,19H,2-8H2,1H3. The van der Waals surface area contributed by atoms with Gasteiger partial charge in [-0.2, -0.15) is 0 Å². The normalized spacial score (nSPS) is 34.6. The molecule has 5 rings (SSSR count). The summed E-state index contributed by atoms with van der Waals surface area (Å²) in [6, 6.07) is 1.92. The van der Waals surface area contributed by atoms with Gasteiger partial charge in [0.05, 0.1) is 6.20 Å². The van der Waals surface area contributed by atoms with Gasteiger partial charge in [0.1, 0.15) is 5.82 Å². The first kappa shape index (κ1) is 15.1. The molecule has 0 spiro atoms. The zero-order chi connectivity index (χ0) is 16.0. The molecule has 3 nitrogen and oxygen atoms in total. The van der Waals surface area contributed by atoms with E-state index in [2.05, 4.69) is 4.98 Å². The Balaban J connectivity index is 1.38. The molecule has 0 N–H and O–H groups in total. The van der Waals surface area contributed by atoms with E-state index < -0.39 is 0 Å². The zero-order valence-corrected chi connectivity index (χ0v) is 13.7. The number of carbonyl (C=O) groups is 1. The van der Waals surface area contributed by atoms with E-state index in [4.69, 9.17) is 0 Å². The molecule has 124 valence electrons. The van der Waals surface area contributed by atoms with Gasteiger partial charge in [0.15, 0.2) is 0 Å². The van der Waals surface area contributed by atoms with Crippen LogP contribution in [0.25, 0.3) is 0 Å². The van der Waals surface area contributed by atoms with Gasteiger partial charge < -0.3 is 4.90 Å². The van der Waals surface area contributed by atoms with Gasteiger partial charge in [0.25, 0.3) is 0 Å². The van der Waals surface area contributed by atoms with E-state index in [0.717, 1.165) is 29.2 Å². The smallest absolute Gasteiger partial charge is 0.222 e. The number of hydrogen-bond donors (Lipinski definition) is 0. The fourth-order valence-electron chi connectivity index (χ4n) is 5.72. The molecule has 0 saturated heterocycles. The maximum Gasteiger partial charge on any atom is 0.222 e. The number of rotatable bonds is 4. The van der Waals surface area contributed by atoms with Gasteiger partial charge in [0, 0.05) is 25.7 Å². The molecule has 4 aliphatic rings. The first-order valence-electron chi connectivity index (χ1n) is 8.95. The van der Waals surface area contributed by atoms with Crippen molar-refractivity contribution in [3.8, 4) is 0 Å². The molecule has 0 unspecified atom stereocenters. The molecular formula is C19H25FN2O. The topological polar surface area (TPSA) is 33.2 Å². The lowest BCUT2D eigenvalue weighted by Crippen LogP contribution is -2.56. The highest BCUT2D eigenvalue weighted by atomic mass is 19.1. The van der Waals surface area contributed by atoms with Gasteiger partial charge in [-0.15, -0.1) is 0 Å². The predicted molar refractivity (Wildman–Crippen MR) is 86.1 cm³/mol. The lowest BCUT2D eigenvalue weighted by atomic mass is 9.54. The summed E-state index contributed by atoms with van der Waals surface area (Å²) < 4.78 is 13.2. The second kappa shape index (κ2) is 5.88. The molecule has 1 aromatic heterocycles. The van der Waals surface area contributed by atoms with Crippen LogP contribution in [0, 0.1) is 29.5 Å². The maximum atomic E-state index is 13.2. The fraction of sp³-hybridized carbons (Fsp3) is 0.684. The van der Waals surface area contributed by atoms with Crippen molar-refractivity contribution in [2.24, 2.45) is 23.7 Å². The number of nitrogens with zero attached hydrogens (tertiary/aromatic N) is 2. The monoisotopic (exact) mass is 316 g/mol. The molecule has 1 amide bonds. The van der Waals surface area contributed by atoms with Crippen molar-refractivity contribution in [2.75, 3.05) is 7.05 Å². The number of pyridine rings is 1. The van der Waals surface area contributed by atoms with Crippen LogP contribution in [0.1, 0.15) is 44.1 Å². The van der Waals surface area contributed by atoms with Crippen LogP contribution in [0.5, 0.6) is 0 Å². The van der Waals surface area contributed by atoms with E-state index in [1.54, 1.807) is 6.20 Å². The van der Waals surface area contributed by atoms with Crippen LogP contribution in [-0.4, -0.2) is 28.9 Å². The Labute approximate surface area is 137 Å². The van der Waals surface area contributed by atoms with E-state index >= 15 is 0 Å². The van der Waals surface area contributed by atoms with Crippen LogP contribution in [0.15, 0.2) is 18.5 Å². The van der Waals surface area contributed by atoms with E-state index in [0.29, 0.717) is 18.9 Å². The Morgan fingerprint density at radius 2 is 1.83 bits per heavy atom. The minimum Gasteiger partial charge on any atom is -0.342 e. The Morgan fingerprint density at radius 3 is 2.43 bits per heavy atom. The van der Waals surface area contributed by atoms with Crippen molar-refractivity contribution in [3.05, 3.63) is 29.8 Å². The molecule has 4 fully saturated rings. The molecule has 0 aromatic carbocycles. The summed E-state index contributed by atoms with van der Waals surface area (Å²) in [7, 11) is 1.99. The largest absolute Gasteiger partial charge is 0.342 e. The summed E-state index contributed by atoms with van der Waals surface area (Å²) in [5.41, 5.74) is 0.803. The first-order chi connectivity index (χ1) is 11.1. The lowest BCUT2D eigenvalue weighted by molar-refractivity contribution is -0.141. The zero-order valence-electron chi connectivity index (χ0n) is 13.7. The van der Waals surface area contributed by atoms with Gasteiger partial charge in [0.2, 0.25) is 5.91 Å². The highest BCUT2D eigenvalue weighted by Gasteiger charge is 2.50. The second-order valence-corrected chi connectivity index (χ2v) is 7.94. The quantitative estimate of drug-likeness (QED) is 0.852. The third-order valence-electron chi connectivity index (χ3n) is 6.41. The highest BCUT2D eigenvalue weighted by molar-refractivity contribution is 5.76. The third-order valence-corrected chi connectivity index (χ3v) is 6.41. The van der Waals surface area contributed by atoms with Crippen LogP contribution in [0.2, 0.25) is 0 Å².